The van der Waals surface area contributed by atoms with Gasteiger partial charge in [-0.2, -0.15) is 0 Å². The first-order valence-corrected chi connectivity index (χ1v) is 8.04. The van der Waals surface area contributed by atoms with Crippen LogP contribution < -0.4 is 0 Å². The molecule has 2 aliphatic rings. The number of hydrogen-bond acceptors (Lipinski definition) is 2. The van der Waals surface area contributed by atoms with Crippen molar-refractivity contribution < 1.29 is 14.7 Å². The molecule has 0 aromatic rings. The van der Waals surface area contributed by atoms with Gasteiger partial charge in [-0.3, -0.25) is 9.59 Å². The summed E-state index contributed by atoms with van der Waals surface area (Å²) in [4.78, 5) is 25.6. The van der Waals surface area contributed by atoms with Crippen LogP contribution in [-0.2, 0) is 9.59 Å². The van der Waals surface area contributed by atoms with Gasteiger partial charge in [-0.25, -0.2) is 0 Å². The Morgan fingerprint density at radius 1 is 1.05 bits per heavy atom. The Kier molecular flexibility index (Phi) is 5.06. The summed E-state index contributed by atoms with van der Waals surface area (Å²) in [7, 11) is 1.86. The first kappa shape index (κ1) is 15.3. The Labute approximate surface area is 121 Å². The van der Waals surface area contributed by atoms with E-state index in [0.29, 0.717) is 18.9 Å². The summed E-state index contributed by atoms with van der Waals surface area (Å²) in [5.41, 5.74) is -0.757. The van der Waals surface area contributed by atoms with Gasteiger partial charge in [0, 0.05) is 19.5 Å². The number of nitrogens with zero attached hydrogens (tertiary/aromatic N) is 1. The molecule has 0 aromatic heterocycles. The SMILES string of the molecule is CN(C(=O)CC1(C(=O)O)CCC1)C1CCCCCCC1. The minimum atomic E-state index is -0.789. The fraction of sp³-hybridized carbons (Fsp3) is 0.875. The van der Waals surface area contributed by atoms with Crippen molar-refractivity contribution in [1.82, 2.24) is 4.90 Å². The lowest BCUT2D eigenvalue weighted by Crippen LogP contribution is -2.45. The maximum atomic E-state index is 12.4. The first-order chi connectivity index (χ1) is 9.55. The van der Waals surface area contributed by atoms with Crippen molar-refractivity contribution in [2.75, 3.05) is 7.05 Å². The summed E-state index contributed by atoms with van der Waals surface area (Å²) in [6.07, 6.45) is 10.8. The lowest BCUT2D eigenvalue weighted by Gasteiger charge is -2.39. The maximum Gasteiger partial charge on any atom is 0.310 e. The summed E-state index contributed by atoms with van der Waals surface area (Å²) in [5, 5.41) is 9.34. The van der Waals surface area contributed by atoms with E-state index >= 15 is 0 Å². The second-order valence-electron chi connectivity index (χ2n) is 6.62. The van der Waals surface area contributed by atoms with Crippen molar-refractivity contribution in [3.63, 3.8) is 0 Å². The molecule has 2 aliphatic carbocycles. The molecule has 0 heterocycles. The molecule has 0 radical (unpaired) electrons. The van der Waals surface area contributed by atoms with E-state index in [4.69, 9.17) is 0 Å². The van der Waals surface area contributed by atoms with Crippen LogP contribution in [0.15, 0.2) is 0 Å². The summed E-state index contributed by atoms with van der Waals surface area (Å²) in [5.74, 6) is -0.763. The molecule has 4 nitrogen and oxygen atoms in total. The molecule has 20 heavy (non-hydrogen) atoms. The average Bonchev–Trinajstić information content (AvgIpc) is 2.31. The van der Waals surface area contributed by atoms with Gasteiger partial charge >= 0.3 is 5.97 Å². The Hall–Kier alpha value is -1.06. The molecule has 1 amide bonds. The molecule has 0 unspecified atom stereocenters. The zero-order valence-corrected chi connectivity index (χ0v) is 12.6. The van der Waals surface area contributed by atoms with Gasteiger partial charge < -0.3 is 10.0 Å². The van der Waals surface area contributed by atoms with Gasteiger partial charge in [0.2, 0.25) is 5.91 Å². The predicted octanol–water partition coefficient (Wildman–Crippen LogP) is 3.20. The van der Waals surface area contributed by atoms with Crippen LogP contribution in [0.2, 0.25) is 0 Å². The van der Waals surface area contributed by atoms with Crippen LogP contribution >= 0.6 is 0 Å². The van der Waals surface area contributed by atoms with Crippen LogP contribution in [0.4, 0.5) is 0 Å². The highest BCUT2D eigenvalue weighted by molar-refractivity contribution is 5.85. The third-order valence-corrected chi connectivity index (χ3v) is 5.27. The Balaban J connectivity index is 1.91. The number of rotatable bonds is 4. The van der Waals surface area contributed by atoms with E-state index in [1.165, 1.54) is 32.1 Å². The van der Waals surface area contributed by atoms with Crippen LogP contribution in [0.3, 0.4) is 0 Å². The van der Waals surface area contributed by atoms with Crippen molar-refractivity contribution in [3.8, 4) is 0 Å². The highest BCUT2D eigenvalue weighted by atomic mass is 16.4. The molecule has 0 atom stereocenters. The van der Waals surface area contributed by atoms with Crippen molar-refractivity contribution in [2.45, 2.75) is 76.7 Å². The number of carbonyl (C=O) groups excluding carboxylic acids is 1. The molecule has 0 aromatic carbocycles. The standard InChI is InChI=1S/C16H27NO3/c1-17(13-8-5-3-2-4-6-9-13)14(18)12-16(15(19)20)10-7-11-16/h13H,2-12H2,1H3,(H,19,20). The number of hydrogen-bond donors (Lipinski definition) is 1. The summed E-state index contributed by atoms with van der Waals surface area (Å²) >= 11 is 0. The van der Waals surface area contributed by atoms with Crippen LogP contribution in [0.1, 0.15) is 70.6 Å². The van der Waals surface area contributed by atoms with Crippen LogP contribution in [0, 0.1) is 5.41 Å². The van der Waals surface area contributed by atoms with Crippen LogP contribution in [0.25, 0.3) is 0 Å². The molecular weight excluding hydrogens is 254 g/mol. The van der Waals surface area contributed by atoms with Crippen molar-refractivity contribution in [3.05, 3.63) is 0 Å². The Bertz CT molecular complexity index is 355. The van der Waals surface area contributed by atoms with Crippen molar-refractivity contribution in [1.29, 1.82) is 0 Å². The number of carbonyl (C=O) groups is 2. The molecule has 4 heteroatoms. The second kappa shape index (κ2) is 6.59. The van der Waals surface area contributed by atoms with E-state index in [0.717, 1.165) is 19.3 Å². The fourth-order valence-corrected chi connectivity index (χ4v) is 3.51. The number of carboxylic acid groups (broad SMARTS) is 1. The summed E-state index contributed by atoms with van der Waals surface area (Å²) < 4.78 is 0. The highest BCUT2D eigenvalue weighted by Crippen LogP contribution is 2.44. The van der Waals surface area contributed by atoms with E-state index in [1.54, 1.807) is 0 Å². The van der Waals surface area contributed by atoms with E-state index in [2.05, 4.69) is 0 Å². The van der Waals surface area contributed by atoms with Gasteiger partial charge in [0.05, 0.1) is 5.41 Å². The summed E-state index contributed by atoms with van der Waals surface area (Å²) in [6, 6.07) is 0.314. The first-order valence-electron chi connectivity index (χ1n) is 8.04. The fourth-order valence-electron chi connectivity index (χ4n) is 3.51. The summed E-state index contributed by atoms with van der Waals surface area (Å²) in [6.45, 7) is 0. The maximum absolute atomic E-state index is 12.4. The Morgan fingerprint density at radius 3 is 2.05 bits per heavy atom. The highest BCUT2D eigenvalue weighted by Gasteiger charge is 2.46. The van der Waals surface area contributed by atoms with E-state index in [9.17, 15) is 14.7 Å². The topological polar surface area (TPSA) is 57.6 Å². The van der Waals surface area contributed by atoms with E-state index in [-0.39, 0.29) is 12.3 Å². The molecule has 2 rings (SSSR count). The van der Waals surface area contributed by atoms with Gasteiger partial charge in [0.15, 0.2) is 0 Å². The molecular formula is C16H27NO3. The van der Waals surface area contributed by atoms with Gasteiger partial charge in [0.25, 0.3) is 0 Å². The molecule has 0 saturated heterocycles. The average molecular weight is 281 g/mol. The Morgan fingerprint density at radius 2 is 1.60 bits per heavy atom. The third-order valence-electron chi connectivity index (χ3n) is 5.27. The van der Waals surface area contributed by atoms with Gasteiger partial charge in [0.1, 0.15) is 0 Å². The lowest BCUT2D eigenvalue weighted by atomic mass is 9.66. The number of carboxylic acids is 1. The van der Waals surface area contributed by atoms with Crippen molar-refractivity contribution >= 4 is 11.9 Å². The number of amides is 1. The largest absolute Gasteiger partial charge is 0.481 e. The van der Waals surface area contributed by atoms with E-state index < -0.39 is 11.4 Å². The molecule has 2 saturated carbocycles. The lowest BCUT2D eigenvalue weighted by molar-refractivity contribution is -0.159. The smallest absolute Gasteiger partial charge is 0.310 e. The molecule has 114 valence electrons. The zero-order valence-electron chi connectivity index (χ0n) is 12.6. The molecule has 0 aliphatic heterocycles. The molecule has 0 bridgehead atoms. The molecule has 0 spiro atoms. The minimum absolute atomic E-state index is 0.0256. The van der Waals surface area contributed by atoms with Gasteiger partial charge in [-0.05, 0) is 25.7 Å². The van der Waals surface area contributed by atoms with Crippen LogP contribution in [-0.4, -0.2) is 35.0 Å². The van der Waals surface area contributed by atoms with E-state index in [1.807, 2.05) is 11.9 Å². The zero-order chi connectivity index (χ0) is 14.6. The molecule has 1 N–H and O–H groups in total. The third kappa shape index (κ3) is 3.33. The van der Waals surface area contributed by atoms with Crippen LogP contribution in [0.5, 0.6) is 0 Å². The minimum Gasteiger partial charge on any atom is -0.481 e. The van der Waals surface area contributed by atoms with Crippen molar-refractivity contribution in [2.24, 2.45) is 5.41 Å². The monoisotopic (exact) mass is 281 g/mol. The number of aliphatic carboxylic acids is 1. The predicted molar refractivity (Wildman–Crippen MR) is 77.4 cm³/mol. The van der Waals surface area contributed by atoms with Gasteiger partial charge in [-0.15, -0.1) is 0 Å². The molecule has 2 fully saturated rings. The second-order valence-corrected chi connectivity index (χ2v) is 6.62. The van der Waals surface area contributed by atoms with Gasteiger partial charge in [-0.1, -0.05) is 38.5 Å². The normalized spacial score (nSPS) is 23.2. The quantitative estimate of drug-likeness (QED) is 0.861.